The van der Waals surface area contributed by atoms with Crippen LogP contribution in [0.1, 0.15) is 29.1 Å². The van der Waals surface area contributed by atoms with Crippen LogP contribution in [-0.4, -0.2) is 51.5 Å². The fourth-order valence-corrected chi connectivity index (χ4v) is 4.39. The summed E-state index contributed by atoms with van der Waals surface area (Å²) in [5.74, 6) is -1.32. The van der Waals surface area contributed by atoms with E-state index in [1.165, 1.54) is 11.8 Å². The zero-order valence-electron chi connectivity index (χ0n) is 16.8. The summed E-state index contributed by atoms with van der Waals surface area (Å²) >= 11 is 1.41. The normalized spacial score (nSPS) is 18.5. The molecule has 166 valence electrons. The van der Waals surface area contributed by atoms with Crippen LogP contribution in [0.3, 0.4) is 0 Å². The van der Waals surface area contributed by atoms with Crippen molar-refractivity contribution in [3.05, 3.63) is 41.9 Å². The van der Waals surface area contributed by atoms with E-state index in [0.29, 0.717) is 34.3 Å². The number of anilines is 2. The Morgan fingerprint density at radius 2 is 2.09 bits per heavy atom. The maximum atomic E-state index is 13.5. The first-order valence-electron chi connectivity index (χ1n) is 9.86. The van der Waals surface area contributed by atoms with E-state index in [9.17, 15) is 18.0 Å². The Balaban J connectivity index is 1.54. The minimum Gasteiger partial charge on any atom is -0.413 e. The van der Waals surface area contributed by atoms with Crippen LogP contribution in [0.5, 0.6) is 0 Å². The van der Waals surface area contributed by atoms with E-state index in [1.807, 2.05) is 6.26 Å². The number of alkyl halides is 3. The molecule has 2 aliphatic rings. The summed E-state index contributed by atoms with van der Waals surface area (Å²) in [6.07, 6.45) is 0.574. The summed E-state index contributed by atoms with van der Waals surface area (Å²) in [4.78, 5) is 26.1. The highest BCUT2D eigenvalue weighted by Gasteiger charge is 2.39. The number of benzene rings is 1. The van der Waals surface area contributed by atoms with Gasteiger partial charge in [-0.15, -0.1) is 10.2 Å². The van der Waals surface area contributed by atoms with Gasteiger partial charge in [0.25, 0.3) is 5.91 Å². The van der Waals surface area contributed by atoms with Crippen LogP contribution in [0.25, 0.3) is 11.5 Å². The number of halogens is 3. The summed E-state index contributed by atoms with van der Waals surface area (Å²) in [5, 5.41) is 7.18. The third-order valence-corrected chi connectivity index (χ3v) is 6.08. The van der Waals surface area contributed by atoms with Gasteiger partial charge in [0.15, 0.2) is 5.16 Å². The van der Waals surface area contributed by atoms with Crippen molar-refractivity contribution >= 4 is 29.2 Å². The first-order valence-corrected chi connectivity index (χ1v) is 11.1. The lowest BCUT2D eigenvalue weighted by Crippen LogP contribution is -2.39. The minimum atomic E-state index is -4.73. The maximum absolute atomic E-state index is 13.5. The van der Waals surface area contributed by atoms with Gasteiger partial charge in [0.2, 0.25) is 5.89 Å². The Kier molecular flexibility index (Phi) is 5.03. The average Bonchev–Trinajstić information content (AvgIpc) is 3.44. The Hall–Kier alpha value is -3.15. The molecule has 1 unspecified atom stereocenters. The van der Waals surface area contributed by atoms with Crippen molar-refractivity contribution in [2.75, 3.05) is 29.1 Å². The van der Waals surface area contributed by atoms with Crippen molar-refractivity contribution in [1.29, 1.82) is 0 Å². The Morgan fingerprint density at radius 1 is 1.25 bits per heavy atom. The fraction of sp³-hybridized carbons (Fsp3) is 0.350. The molecule has 0 radical (unpaired) electrons. The number of hydrogen-bond acceptors (Lipinski definition) is 8. The van der Waals surface area contributed by atoms with E-state index in [-0.39, 0.29) is 17.8 Å². The largest absolute Gasteiger partial charge is 0.470 e. The number of rotatable bonds is 3. The molecule has 3 aromatic rings. The summed E-state index contributed by atoms with van der Waals surface area (Å²) in [6.45, 7) is 1.22. The molecule has 0 N–H and O–H groups in total. The van der Waals surface area contributed by atoms with Crippen LogP contribution >= 0.6 is 11.8 Å². The third kappa shape index (κ3) is 3.57. The number of aromatic nitrogens is 4. The zero-order valence-corrected chi connectivity index (χ0v) is 17.7. The molecular formula is C20H17F3N6O2S. The predicted molar refractivity (Wildman–Crippen MR) is 111 cm³/mol. The van der Waals surface area contributed by atoms with E-state index in [1.54, 1.807) is 35.4 Å². The van der Waals surface area contributed by atoms with Gasteiger partial charge in [-0.05, 0) is 37.3 Å². The van der Waals surface area contributed by atoms with E-state index >= 15 is 0 Å². The van der Waals surface area contributed by atoms with Crippen LogP contribution in [-0.2, 0) is 6.18 Å². The van der Waals surface area contributed by atoms with Crippen LogP contribution in [0.15, 0.2) is 40.0 Å². The van der Waals surface area contributed by atoms with Gasteiger partial charge < -0.3 is 14.2 Å². The summed E-state index contributed by atoms with van der Waals surface area (Å²) in [6, 6.07) is 6.58. The van der Waals surface area contributed by atoms with Crippen LogP contribution < -0.4 is 9.80 Å². The molecular weight excluding hydrogens is 445 g/mol. The molecule has 0 saturated carbocycles. The van der Waals surface area contributed by atoms with Gasteiger partial charge in [0.1, 0.15) is 11.4 Å². The van der Waals surface area contributed by atoms with Gasteiger partial charge in [-0.3, -0.25) is 4.79 Å². The second kappa shape index (κ2) is 7.76. The number of thioether (sulfide) groups is 1. The highest BCUT2D eigenvalue weighted by atomic mass is 32.2. The molecule has 1 saturated heterocycles. The average molecular weight is 462 g/mol. The van der Waals surface area contributed by atoms with Gasteiger partial charge in [-0.25, -0.2) is 9.97 Å². The van der Waals surface area contributed by atoms with Crippen molar-refractivity contribution < 1.29 is 22.4 Å². The third-order valence-electron chi connectivity index (χ3n) is 5.52. The molecule has 0 aliphatic carbocycles. The van der Waals surface area contributed by atoms with Crippen LogP contribution in [0.2, 0.25) is 0 Å². The standard InChI is InChI=1S/C20H17F3N6O2S/c1-32-19-24-9-14-15(25-19)28-7-3-6-13(28)10-29(17(14)30)12-5-2-4-11(8-12)16-26-27-18(31-16)20(21,22)23/h2,4-5,8-9,13H,3,6-7,10H2,1H3. The van der Waals surface area contributed by atoms with E-state index in [4.69, 9.17) is 4.42 Å². The lowest BCUT2D eigenvalue weighted by Gasteiger charge is -2.27. The molecule has 1 aromatic carbocycles. The van der Waals surface area contributed by atoms with Crippen molar-refractivity contribution in [3.63, 3.8) is 0 Å². The molecule has 0 spiro atoms. The Morgan fingerprint density at radius 3 is 2.84 bits per heavy atom. The zero-order chi connectivity index (χ0) is 22.5. The van der Waals surface area contributed by atoms with E-state index in [2.05, 4.69) is 25.1 Å². The molecule has 1 amide bonds. The Bertz CT molecular complexity index is 1180. The van der Waals surface area contributed by atoms with Crippen molar-refractivity contribution in [3.8, 4) is 11.5 Å². The number of hydrogen-bond donors (Lipinski definition) is 0. The lowest BCUT2D eigenvalue weighted by molar-refractivity contribution is -0.156. The lowest BCUT2D eigenvalue weighted by atomic mass is 10.1. The van der Waals surface area contributed by atoms with E-state index < -0.39 is 12.1 Å². The molecule has 2 aromatic heterocycles. The topological polar surface area (TPSA) is 88.2 Å². The second-order valence-electron chi connectivity index (χ2n) is 7.46. The maximum Gasteiger partial charge on any atom is 0.470 e. The molecule has 1 fully saturated rings. The number of carbonyl (C=O) groups is 1. The van der Waals surface area contributed by atoms with Gasteiger partial charge >= 0.3 is 12.1 Å². The van der Waals surface area contributed by atoms with Crippen molar-refractivity contribution in [1.82, 2.24) is 20.2 Å². The molecule has 5 rings (SSSR count). The van der Waals surface area contributed by atoms with Crippen LogP contribution in [0, 0.1) is 0 Å². The SMILES string of the molecule is CSc1ncc2c(n1)N1CCCC1CN(c1cccc(-c3nnc(C(F)(F)F)o3)c1)C2=O. The highest BCUT2D eigenvalue weighted by molar-refractivity contribution is 7.98. The summed E-state index contributed by atoms with van der Waals surface area (Å²) in [5.41, 5.74) is 1.21. The Labute approximate surface area is 184 Å². The highest BCUT2D eigenvalue weighted by Crippen LogP contribution is 2.36. The van der Waals surface area contributed by atoms with E-state index in [0.717, 1.165) is 19.4 Å². The van der Waals surface area contributed by atoms with Gasteiger partial charge in [-0.2, -0.15) is 13.2 Å². The number of carbonyl (C=O) groups excluding carboxylic acids is 1. The minimum absolute atomic E-state index is 0.0775. The first-order chi connectivity index (χ1) is 15.3. The summed E-state index contributed by atoms with van der Waals surface area (Å²) < 4.78 is 43.3. The molecule has 1 atom stereocenters. The van der Waals surface area contributed by atoms with Gasteiger partial charge in [-0.1, -0.05) is 17.8 Å². The number of nitrogens with zero attached hydrogens (tertiary/aromatic N) is 6. The van der Waals surface area contributed by atoms with Crippen LogP contribution in [0.4, 0.5) is 24.7 Å². The molecule has 0 bridgehead atoms. The smallest absolute Gasteiger partial charge is 0.413 e. The first kappa shape index (κ1) is 20.7. The van der Waals surface area contributed by atoms with Gasteiger partial charge in [0, 0.05) is 36.6 Å². The monoisotopic (exact) mass is 462 g/mol. The molecule has 8 nitrogen and oxygen atoms in total. The second-order valence-corrected chi connectivity index (χ2v) is 8.23. The predicted octanol–water partition coefficient (Wildman–Crippen LogP) is 3.90. The number of amides is 1. The number of fused-ring (bicyclic) bond motifs is 3. The summed E-state index contributed by atoms with van der Waals surface area (Å²) in [7, 11) is 0. The van der Waals surface area contributed by atoms with Gasteiger partial charge in [0.05, 0.1) is 0 Å². The molecule has 12 heteroatoms. The molecule has 32 heavy (non-hydrogen) atoms. The van der Waals surface area contributed by atoms with Crippen molar-refractivity contribution in [2.24, 2.45) is 0 Å². The molecule has 2 aliphatic heterocycles. The molecule has 4 heterocycles. The quantitative estimate of drug-likeness (QED) is 0.428. The fourth-order valence-electron chi connectivity index (χ4n) is 4.05. The van der Waals surface area contributed by atoms with Crippen molar-refractivity contribution in [2.45, 2.75) is 30.2 Å².